The predicted molar refractivity (Wildman–Crippen MR) is 86.4 cm³/mol. The van der Waals surface area contributed by atoms with Gasteiger partial charge in [-0.1, -0.05) is 29.8 Å². The zero-order chi connectivity index (χ0) is 15.1. The molecule has 0 atom stereocenters. The van der Waals surface area contributed by atoms with Crippen LogP contribution in [-0.2, 0) is 6.54 Å². The molecule has 2 rings (SSSR count). The van der Waals surface area contributed by atoms with Gasteiger partial charge in [0.25, 0.3) is 0 Å². The van der Waals surface area contributed by atoms with Crippen LogP contribution in [0, 0.1) is 6.92 Å². The van der Waals surface area contributed by atoms with Gasteiger partial charge in [0.2, 0.25) is 0 Å². The quantitative estimate of drug-likeness (QED) is 0.789. The second kappa shape index (κ2) is 7.91. The van der Waals surface area contributed by atoms with Crippen molar-refractivity contribution in [1.82, 2.24) is 5.32 Å². The molecule has 2 aromatic rings. The van der Waals surface area contributed by atoms with Crippen molar-refractivity contribution in [1.29, 1.82) is 0 Å². The van der Waals surface area contributed by atoms with Crippen LogP contribution in [0.5, 0.6) is 11.5 Å². The Labute approximate surface area is 130 Å². The molecule has 0 aliphatic rings. The van der Waals surface area contributed by atoms with Crippen molar-refractivity contribution >= 4 is 11.6 Å². The van der Waals surface area contributed by atoms with Gasteiger partial charge in [-0.05, 0) is 36.8 Å². The molecular weight excluding hydrogens is 286 g/mol. The third-order valence-electron chi connectivity index (χ3n) is 3.13. The smallest absolute Gasteiger partial charge is 0.124 e. The molecule has 0 aliphatic carbocycles. The highest BCUT2D eigenvalue weighted by Crippen LogP contribution is 2.25. The summed E-state index contributed by atoms with van der Waals surface area (Å²) in [6.45, 7) is 4.05. The summed E-state index contributed by atoms with van der Waals surface area (Å²) in [5.74, 6) is 1.70. The number of hydrogen-bond acceptors (Lipinski definition) is 3. The van der Waals surface area contributed by atoms with E-state index in [1.807, 2.05) is 36.4 Å². The molecule has 0 aromatic heterocycles. The lowest BCUT2D eigenvalue weighted by molar-refractivity contribution is 0.313. The van der Waals surface area contributed by atoms with Gasteiger partial charge in [-0.3, -0.25) is 0 Å². The van der Waals surface area contributed by atoms with E-state index in [9.17, 15) is 0 Å². The molecule has 0 saturated heterocycles. The maximum absolute atomic E-state index is 6.18. The predicted octanol–water partition coefficient (Wildman–Crippen LogP) is 3.83. The van der Waals surface area contributed by atoms with Gasteiger partial charge in [0.1, 0.15) is 18.1 Å². The Morgan fingerprint density at radius 1 is 1.14 bits per heavy atom. The molecule has 21 heavy (non-hydrogen) atoms. The molecule has 0 spiro atoms. The molecule has 1 N–H and O–H groups in total. The summed E-state index contributed by atoms with van der Waals surface area (Å²) in [6.07, 6.45) is 0. The van der Waals surface area contributed by atoms with Crippen molar-refractivity contribution in [3.05, 3.63) is 58.6 Å². The number of aryl methyl sites for hydroxylation is 1. The minimum atomic E-state index is 0.607. The summed E-state index contributed by atoms with van der Waals surface area (Å²) < 4.78 is 11.0. The van der Waals surface area contributed by atoms with E-state index in [2.05, 4.69) is 18.3 Å². The molecular formula is C17H20ClNO2. The molecule has 3 nitrogen and oxygen atoms in total. The molecule has 0 aliphatic heterocycles. The number of halogens is 1. The molecule has 0 fully saturated rings. The molecule has 4 heteroatoms. The summed E-state index contributed by atoms with van der Waals surface area (Å²) in [7, 11) is 1.65. The molecule has 0 radical (unpaired) electrons. The van der Waals surface area contributed by atoms with E-state index in [4.69, 9.17) is 21.1 Å². The van der Waals surface area contributed by atoms with Crippen LogP contribution in [0.1, 0.15) is 11.1 Å². The SMILES string of the molecule is COc1cccc(Cl)c1CNCCOc1cccc(C)c1. The maximum Gasteiger partial charge on any atom is 0.124 e. The Hall–Kier alpha value is -1.71. The van der Waals surface area contributed by atoms with Crippen LogP contribution in [0.2, 0.25) is 5.02 Å². The lowest BCUT2D eigenvalue weighted by atomic mass is 10.2. The fourth-order valence-electron chi connectivity index (χ4n) is 2.06. The third kappa shape index (κ3) is 4.66. The first-order chi connectivity index (χ1) is 10.2. The highest BCUT2D eigenvalue weighted by atomic mass is 35.5. The monoisotopic (exact) mass is 305 g/mol. The van der Waals surface area contributed by atoms with Crippen LogP contribution in [0.4, 0.5) is 0 Å². The van der Waals surface area contributed by atoms with Gasteiger partial charge in [0, 0.05) is 23.7 Å². The maximum atomic E-state index is 6.18. The van der Waals surface area contributed by atoms with Crippen molar-refractivity contribution in [2.24, 2.45) is 0 Å². The summed E-state index contributed by atoms with van der Waals surface area (Å²) in [5, 5.41) is 4.02. The zero-order valence-corrected chi connectivity index (χ0v) is 13.1. The Balaban J connectivity index is 1.78. The molecule has 0 amide bonds. The van der Waals surface area contributed by atoms with Crippen molar-refractivity contribution < 1.29 is 9.47 Å². The van der Waals surface area contributed by atoms with Crippen molar-refractivity contribution in [2.75, 3.05) is 20.3 Å². The van der Waals surface area contributed by atoms with Gasteiger partial charge in [0.15, 0.2) is 0 Å². The van der Waals surface area contributed by atoms with E-state index in [0.29, 0.717) is 18.2 Å². The van der Waals surface area contributed by atoms with Gasteiger partial charge in [-0.15, -0.1) is 0 Å². The number of ether oxygens (including phenoxy) is 2. The number of methoxy groups -OCH3 is 1. The lowest BCUT2D eigenvalue weighted by Gasteiger charge is -2.12. The summed E-state index contributed by atoms with van der Waals surface area (Å²) >= 11 is 6.18. The molecule has 0 bridgehead atoms. The van der Waals surface area contributed by atoms with Crippen LogP contribution >= 0.6 is 11.6 Å². The van der Waals surface area contributed by atoms with E-state index in [0.717, 1.165) is 23.6 Å². The normalized spacial score (nSPS) is 10.4. The highest BCUT2D eigenvalue weighted by molar-refractivity contribution is 6.31. The first-order valence-electron chi connectivity index (χ1n) is 6.92. The minimum Gasteiger partial charge on any atom is -0.496 e. The molecule has 112 valence electrons. The standard InChI is InChI=1S/C17H20ClNO2/c1-13-5-3-6-14(11-13)21-10-9-19-12-15-16(18)7-4-8-17(15)20-2/h3-8,11,19H,9-10,12H2,1-2H3. The lowest BCUT2D eigenvalue weighted by Crippen LogP contribution is -2.21. The summed E-state index contributed by atoms with van der Waals surface area (Å²) in [6, 6.07) is 13.7. The van der Waals surface area contributed by atoms with Crippen molar-refractivity contribution in [3.8, 4) is 11.5 Å². The number of rotatable bonds is 7. The molecule has 0 saturated carbocycles. The number of nitrogens with one attached hydrogen (secondary N) is 1. The van der Waals surface area contributed by atoms with Crippen molar-refractivity contribution in [2.45, 2.75) is 13.5 Å². The molecule has 2 aromatic carbocycles. The topological polar surface area (TPSA) is 30.5 Å². The average Bonchev–Trinajstić information content (AvgIpc) is 2.48. The van der Waals surface area contributed by atoms with Gasteiger partial charge >= 0.3 is 0 Å². The second-order valence-corrected chi connectivity index (χ2v) is 5.17. The Morgan fingerprint density at radius 3 is 2.71 bits per heavy atom. The van der Waals surface area contributed by atoms with E-state index in [-0.39, 0.29) is 0 Å². The Morgan fingerprint density at radius 2 is 1.95 bits per heavy atom. The summed E-state index contributed by atoms with van der Waals surface area (Å²) in [5.41, 5.74) is 2.17. The number of hydrogen-bond donors (Lipinski definition) is 1. The van der Waals surface area contributed by atoms with E-state index in [1.165, 1.54) is 5.56 Å². The van der Waals surface area contributed by atoms with E-state index < -0.39 is 0 Å². The van der Waals surface area contributed by atoms with Crippen molar-refractivity contribution in [3.63, 3.8) is 0 Å². The minimum absolute atomic E-state index is 0.607. The third-order valence-corrected chi connectivity index (χ3v) is 3.49. The second-order valence-electron chi connectivity index (χ2n) is 4.76. The zero-order valence-electron chi connectivity index (χ0n) is 12.4. The van der Waals surface area contributed by atoms with Gasteiger partial charge < -0.3 is 14.8 Å². The Kier molecular flexibility index (Phi) is 5.90. The number of benzene rings is 2. The van der Waals surface area contributed by atoms with Crippen LogP contribution in [0.3, 0.4) is 0 Å². The summed E-state index contributed by atoms with van der Waals surface area (Å²) in [4.78, 5) is 0. The molecule has 0 heterocycles. The van der Waals surface area contributed by atoms with Crippen LogP contribution in [-0.4, -0.2) is 20.3 Å². The average molecular weight is 306 g/mol. The van der Waals surface area contributed by atoms with Gasteiger partial charge in [0.05, 0.1) is 7.11 Å². The fraction of sp³-hybridized carbons (Fsp3) is 0.294. The van der Waals surface area contributed by atoms with Crippen LogP contribution in [0.25, 0.3) is 0 Å². The van der Waals surface area contributed by atoms with Gasteiger partial charge in [-0.25, -0.2) is 0 Å². The fourth-order valence-corrected chi connectivity index (χ4v) is 2.29. The van der Waals surface area contributed by atoms with E-state index in [1.54, 1.807) is 7.11 Å². The van der Waals surface area contributed by atoms with Crippen LogP contribution in [0.15, 0.2) is 42.5 Å². The molecule has 0 unspecified atom stereocenters. The highest BCUT2D eigenvalue weighted by Gasteiger charge is 2.06. The first-order valence-corrected chi connectivity index (χ1v) is 7.30. The Bertz CT molecular complexity index is 587. The first kappa shape index (κ1) is 15.7. The van der Waals surface area contributed by atoms with E-state index >= 15 is 0 Å². The van der Waals surface area contributed by atoms with Crippen LogP contribution < -0.4 is 14.8 Å². The largest absolute Gasteiger partial charge is 0.496 e. The van der Waals surface area contributed by atoms with Gasteiger partial charge in [-0.2, -0.15) is 0 Å².